The molecule has 26 heavy (non-hydrogen) atoms. The average Bonchev–Trinajstić information content (AvgIpc) is 3.35. The molecule has 3 heterocycles. The van der Waals surface area contributed by atoms with Crippen LogP contribution < -0.4 is 10.1 Å². The molecule has 0 spiro atoms. The van der Waals surface area contributed by atoms with Gasteiger partial charge >= 0.3 is 0 Å². The van der Waals surface area contributed by atoms with E-state index in [1.54, 1.807) is 13.3 Å². The highest BCUT2D eigenvalue weighted by Crippen LogP contribution is 2.26. The minimum Gasteiger partial charge on any atom is -0.497 e. The molecule has 0 saturated carbocycles. The number of hydrogen-bond acceptors (Lipinski definition) is 4. The van der Waals surface area contributed by atoms with E-state index in [2.05, 4.69) is 38.1 Å². The zero-order valence-corrected chi connectivity index (χ0v) is 14.4. The summed E-state index contributed by atoms with van der Waals surface area (Å²) in [6.45, 7) is 4.84. The SMILES string of the molecule is C=C(NCc1cccc(OC)c1)c1c[nH]c2cc(-c3cn[nH]c3)ncc12. The van der Waals surface area contributed by atoms with Crippen LogP contribution in [0, 0.1) is 0 Å². The van der Waals surface area contributed by atoms with Crippen molar-refractivity contribution in [3.63, 3.8) is 0 Å². The number of hydrogen-bond donors (Lipinski definition) is 3. The Morgan fingerprint density at radius 1 is 1.23 bits per heavy atom. The van der Waals surface area contributed by atoms with Gasteiger partial charge in [-0.1, -0.05) is 18.7 Å². The van der Waals surface area contributed by atoms with E-state index in [1.165, 1.54) is 0 Å². The second-order valence-corrected chi connectivity index (χ2v) is 5.99. The highest BCUT2D eigenvalue weighted by atomic mass is 16.5. The van der Waals surface area contributed by atoms with Gasteiger partial charge in [0.2, 0.25) is 0 Å². The van der Waals surface area contributed by atoms with Gasteiger partial charge in [-0.25, -0.2) is 0 Å². The monoisotopic (exact) mass is 345 g/mol. The van der Waals surface area contributed by atoms with Gasteiger partial charge in [0, 0.05) is 52.9 Å². The summed E-state index contributed by atoms with van der Waals surface area (Å²) in [7, 11) is 1.67. The first-order valence-corrected chi connectivity index (χ1v) is 8.27. The van der Waals surface area contributed by atoms with Crippen LogP contribution in [0.2, 0.25) is 0 Å². The third kappa shape index (κ3) is 3.04. The molecule has 3 aromatic heterocycles. The minimum absolute atomic E-state index is 0.670. The fraction of sp³-hybridized carbons (Fsp3) is 0.100. The Hall–Kier alpha value is -3.54. The van der Waals surface area contributed by atoms with Gasteiger partial charge in [-0.2, -0.15) is 5.10 Å². The molecule has 130 valence electrons. The fourth-order valence-electron chi connectivity index (χ4n) is 2.90. The van der Waals surface area contributed by atoms with Crippen molar-refractivity contribution >= 4 is 16.6 Å². The number of pyridine rings is 1. The largest absolute Gasteiger partial charge is 0.497 e. The van der Waals surface area contributed by atoms with Gasteiger partial charge in [0.15, 0.2) is 0 Å². The molecule has 1 aromatic carbocycles. The Labute approximate surface area is 150 Å². The molecule has 4 aromatic rings. The number of methoxy groups -OCH3 is 1. The highest BCUT2D eigenvalue weighted by Gasteiger charge is 2.10. The number of aromatic nitrogens is 4. The van der Waals surface area contributed by atoms with E-state index in [0.29, 0.717) is 6.54 Å². The molecule has 3 N–H and O–H groups in total. The highest BCUT2D eigenvalue weighted by molar-refractivity contribution is 5.92. The molecule has 0 unspecified atom stereocenters. The van der Waals surface area contributed by atoms with Gasteiger partial charge in [0.05, 0.1) is 19.0 Å². The Bertz CT molecular complexity index is 1050. The van der Waals surface area contributed by atoms with E-state index in [-0.39, 0.29) is 0 Å². The molecule has 0 bridgehead atoms. The third-order valence-electron chi connectivity index (χ3n) is 4.33. The number of aromatic amines is 2. The lowest BCUT2D eigenvalue weighted by Crippen LogP contribution is -2.10. The second kappa shape index (κ2) is 6.76. The van der Waals surface area contributed by atoms with Gasteiger partial charge in [-0.05, 0) is 23.8 Å². The van der Waals surface area contributed by atoms with E-state index in [9.17, 15) is 0 Å². The molecule has 0 amide bonds. The van der Waals surface area contributed by atoms with Gasteiger partial charge in [0.25, 0.3) is 0 Å². The second-order valence-electron chi connectivity index (χ2n) is 5.99. The third-order valence-corrected chi connectivity index (χ3v) is 4.33. The van der Waals surface area contributed by atoms with E-state index >= 15 is 0 Å². The zero-order valence-electron chi connectivity index (χ0n) is 14.4. The van der Waals surface area contributed by atoms with Crippen LogP contribution in [0.4, 0.5) is 0 Å². The predicted octanol–water partition coefficient (Wildman–Crippen LogP) is 3.72. The van der Waals surface area contributed by atoms with Gasteiger partial charge in [-0.3, -0.25) is 10.1 Å². The molecule has 0 fully saturated rings. The number of nitrogens with one attached hydrogen (secondary N) is 3. The smallest absolute Gasteiger partial charge is 0.119 e. The molecule has 0 atom stereocenters. The van der Waals surface area contributed by atoms with E-state index in [1.807, 2.05) is 42.9 Å². The Morgan fingerprint density at radius 3 is 2.96 bits per heavy atom. The minimum atomic E-state index is 0.670. The molecular weight excluding hydrogens is 326 g/mol. The average molecular weight is 345 g/mol. The zero-order chi connectivity index (χ0) is 17.9. The molecule has 0 aliphatic heterocycles. The van der Waals surface area contributed by atoms with Gasteiger partial charge in [-0.15, -0.1) is 0 Å². The normalized spacial score (nSPS) is 10.8. The van der Waals surface area contributed by atoms with Crippen molar-refractivity contribution in [1.29, 1.82) is 0 Å². The standard InChI is InChI=1S/C20H19N5O/c1-13(21-8-14-4-3-5-16(6-14)26-2)17-11-23-20-7-19(22-12-18(17)20)15-9-24-25-10-15/h3-7,9-12,21,23H,1,8H2,2H3,(H,24,25). The van der Waals surface area contributed by atoms with E-state index < -0.39 is 0 Å². The maximum absolute atomic E-state index is 5.26. The lowest BCUT2D eigenvalue weighted by molar-refractivity contribution is 0.414. The summed E-state index contributed by atoms with van der Waals surface area (Å²) in [6.07, 6.45) is 7.40. The van der Waals surface area contributed by atoms with Gasteiger partial charge < -0.3 is 15.0 Å². The lowest BCUT2D eigenvalue weighted by Gasteiger charge is -2.10. The van der Waals surface area contributed by atoms with Crippen molar-refractivity contribution in [1.82, 2.24) is 25.5 Å². The van der Waals surface area contributed by atoms with E-state index in [0.717, 1.165) is 44.7 Å². The fourth-order valence-corrected chi connectivity index (χ4v) is 2.90. The van der Waals surface area contributed by atoms with Crippen molar-refractivity contribution < 1.29 is 4.74 Å². The van der Waals surface area contributed by atoms with Crippen LogP contribution in [0.15, 0.2) is 61.7 Å². The van der Waals surface area contributed by atoms with Crippen molar-refractivity contribution in [2.24, 2.45) is 0 Å². The Kier molecular flexibility index (Phi) is 4.15. The van der Waals surface area contributed by atoms with Crippen LogP contribution in [0.5, 0.6) is 5.75 Å². The van der Waals surface area contributed by atoms with Crippen molar-refractivity contribution in [3.8, 4) is 17.0 Å². The molecule has 0 aliphatic rings. The maximum Gasteiger partial charge on any atom is 0.119 e. The predicted molar refractivity (Wildman–Crippen MR) is 103 cm³/mol. The number of benzene rings is 1. The first-order valence-electron chi connectivity index (χ1n) is 8.27. The maximum atomic E-state index is 5.26. The molecule has 6 nitrogen and oxygen atoms in total. The molecule has 0 radical (unpaired) electrons. The molecule has 0 saturated heterocycles. The first kappa shape index (κ1) is 16.0. The number of H-pyrrole nitrogens is 2. The quantitative estimate of drug-likeness (QED) is 0.498. The Morgan fingerprint density at radius 2 is 2.15 bits per heavy atom. The van der Waals surface area contributed by atoms with Crippen LogP contribution in [0.1, 0.15) is 11.1 Å². The molecule has 6 heteroatoms. The summed E-state index contributed by atoms with van der Waals surface area (Å²) < 4.78 is 5.26. The summed E-state index contributed by atoms with van der Waals surface area (Å²) in [5, 5.41) is 11.2. The number of rotatable bonds is 6. The van der Waals surface area contributed by atoms with Gasteiger partial charge in [0.1, 0.15) is 5.75 Å². The van der Waals surface area contributed by atoms with Crippen LogP contribution in [-0.2, 0) is 6.54 Å². The number of ether oxygens (including phenoxy) is 1. The van der Waals surface area contributed by atoms with Crippen LogP contribution in [0.3, 0.4) is 0 Å². The summed E-state index contributed by atoms with van der Waals surface area (Å²) in [5.41, 5.74) is 5.82. The van der Waals surface area contributed by atoms with E-state index in [4.69, 9.17) is 4.74 Å². The lowest BCUT2D eigenvalue weighted by atomic mass is 10.1. The first-order chi connectivity index (χ1) is 12.7. The van der Waals surface area contributed by atoms with Crippen molar-refractivity contribution in [3.05, 3.63) is 72.8 Å². The van der Waals surface area contributed by atoms with Crippen molar-refractivity contribution in [2.75, 3.05) is 7.11 Å². The Balaban J connectivity index is 1.53. The summed E-state index contributed by atoms with van der Waals surface area (Å²) in [5.74, 6) is 0.845. The molecule has 0 aliphatic carbocycles. The van der Waals surface area contributed by atoms with Crippen LogP contribution in [-0.4, -0.2) is 27.3 Å². The molecule has 4 rings (SSSR count). The topological polar surface area (TPSA) is 78.6 Å². The summed E-state index contributed by atoms with van der Waals surface area (Å²) >= 11 is 0. The number of nitrogens with zero attached hydrogens (tertiary/aromatic N) is 2. The summed E-state index contributed by atoms with van der Waals surface area (Å²) in [6, 6.07) is 9.98. The van der Waals surface area contributed by atoms with Crippen LogP contribution in [0.25, 0.3) is 27.9 Å². The number of fused-ring (bicyclic) bond motifs is 1. The molecular formula is C20H19N5O. The van der Waals surface area contributed by atoms with Crippen LogP contribution >= 0.6 is 0 Å². The van der Waals surface area contributed by atoms with Crippen molar-refractivity contribution in [2.45, 2.75) is 6.54 Å². The summed E-state index contributed by atoms with van der Waals surface area (Å²) in [4.78, 5) is 7.84.